The third kappa shape index (κ3) is 6.44. The Hall–Kier alpha value is -4.11. The van der Waals surface area contributed by atoms with Gasteiger partial charge in [-0.2, -0.15) is 0 Å². The number of non-ortho nitro benzene ring substituents is 1. The Morgan fingerprint density at radius 2 is 1.84 bits per heavy atom. The second-order valence-electron chi connectivity index (χ2n) is 6.26. The van der Waals surface area contributed by atoms with E-state index < -0.39 is 20.9 Å². The number of nitro benzene ring substituents is 1. The van der Waals surface area contributed by atoms with Gasteiger partial charge < -0.3 is 15.4 Å². The van der Waals surface area contributed by atoms with Crippen molar-refractivity contribution in [3.05, 3.63) is 58.1 Å². The van der Waals surface area contributed by atoms with Crippen LogP contribution >= 0.6 is 0 Å². The molecule has 0 aliphatic rings. The number of terminal acetylenes is 1. The molecule has 2 aromatic carbocycles. The average Bonchev–Trinajstić information content (AvgIpc) is 2.77. The van der Waals surface area contributed by atoms with Gasteiger partial charge in [0, 0.05) is 30.7 Å². The van der Waals surface area contributed by atoms with Gasteiger partial charge >= 0.3 is 0 Å². The summed E-state index contributed by atoms with van der Waals surface area (Å²) in [4.78, 5) is 33.7. The van der Waals surface area contributed by atoms with E-state index in [-0.39, 0.29) is 53.0 Å². The first-order valence-electron chi connectivity index (χ1n) is 9.11. The van der Waals surface area contributed by atoms with Crippen molar-refractivity contribution in [2.45, 2.75) is 11.3 Å². The van der Waals surface area contributed by atoms with Crippen molar-refractivity contribution < 1.29 is 27.7 Å². The Labute approximate surface area is 184 Å². The molecule has 0 fully saturated rings. The number of nitro groups is 1. The number of carbonyl (C=O) groups is 2. The van der Waals surface area contributed by atoms with Crippen LogP contribution in [0.3, 0.4) is 0 Å². The Morgan fingerprint density at radius 3 is 2.44 bits per heavy atom. The lowest BCUT2D eigenvalue weighted by molar-refractivity contribution is -0.384. The maximum absolute atomic E-state index is 12.7. The molecule has 0 aromatic heterocycles. The highest BCUT2D eigenvalue weighted by atomic mass is 32.2. The van der Waals surface area contributed by atoms with E-state index in [0.717, 1.165) is 6.07 Å². The Bertz CT molecular complexity index is 1160. The van der Waals surface area contributed by atoms with Gasteiger partial charge in [0.15, 0.2) is 0 Å². The first-order valence-corrected chi connectivity index (χ1v) is 10.6. The van der Waals surface area contributed by atoms with Gasteiger partial charge in [-0.05, 0) is 30.3 Å². The fourth-order valence-corrected chi connectivity index (χ4v) is 3.57. The second kappa shape index (κ2) is 10.8. The van der Waals surface area contributed by atoms with E-state index in [9.17, 15) is 28.1 Å². The monoisotopic (exact) mass is 460 g/mol. The van der Waals surface area contributed by atoms with Crippen LogP contribution in [0.1, 0.15) is 16.8 Å². The van der Waals surface area contributed by atoms with Crippen molar-refractivity contribution in [3.8, 4) is 18.1 Å². The molecule has 0 spiro atoms. The molecule has 32 heavy (non-hydrogen) atoms. The summed E-state index contributed by atoms with van der Waals surface area (Å²) in [6.45, 7) is 0.169. The molecule has 2 rings (SSSR count). The number of hydrogen-bond acceptors (Lipinski definition) is 7. The third-order valence-electron chi connectivity index (χ3n) is 4.09. The summed E-state index contributed by atoms with van der Waals surface area (Å²) in [5.41, 5.74) is -0.240. The minimum Gasteiger partial charge on any atom is -0.495 e. The molecular formula is C20H20N4O7S. The van der Waals surface area contributed by atoms with Crippen molar-refractivity contribution in [1.82, 2.24) is 10.6 Å². The number of ether oxygens (including phenoxy) is 1. The van der Waals surface area contributed by atoms with Crippen LogP contribution < -0.4 is 20.1 Å². The molecule has 0 aliphatic heterocycles. The lowest BCUT2D eigenvalue weighted by Gasteiger charge is -2.12. The standard InChI is InChI=1S/C20H20N4O7S/c1-3-11-21-19(25)10-12-22-20(26)14-4-7-16(8-5-14)32(29,30)23-17-13-15(24(27)28)6-9-18(17)31-2/h1,4-9,13,23H,10-12H2,2H3,(H,21,25)(H,22,26). The maximum Gasteiger partial charge on any atom is 0.271 e. The summed E-state index contributed by atoms with van der Waals surface area (Å²) in [6, 6.07) is 8.51. The number of nitrogens with zero attached hydrogens (tertiary/aromatic N) is 1. The van der Waals surface area contributed by atoms with Crippen LogP contribution in [0.15, 0.2) is 47.4 Å². The fraction of sp³-hybridized carbons (Fsp3) is 0.200. The van der Waals surface area contributed by atoms with E-state index in [1.807, 2.05) is 0 Å². The summed E-state index contributed by atoms with van der Waals surface area (Å²) >= 11 is 0. The summed E-state index contributed by atoms with van der Waals surface area (Å²) in [5.74, 6) is 1.55. The molecule has 168 valence electrons. The molecule has 0 atom stereocenters. The zero-order valence-electron chi connectivity index (χ0n) is 17.0. The van der Waals surface area contributed by atoms with E-state index in [0.29, 0.717) is 0 Å². The van der Waals surface area contributed by atoms with Crippen molar-refractivity contribution in [2.75, 3.05) is 24.9 Å². The van der Waals surface area contributed by atoms with Crippen LogP contribution in [0, 0.1) is 22.5 Å². The highest BCUT2D eigenvalue weighted by Crippen LogP contribution is 2.30. The minimum atomic E-state index is -4.12. The van der Waals surface area contributed by atoms with Crippen LogP contribution in [0.5, 0.6) is 5.75 Å². The van der Waals surface area contributed by atoms with Crippen LogP contribution in [0.2, 0.25) is 0 Å². The third-order valence-corrected chi connectivity index (χ3v) is 5.47. The van der Waals surface area contributed by atoms with E-state index in [2.05, 4.69) is 21.3 Å². The number of hydrogen-bond donors (Lipinski definition) is 3. The average molecular weight is 460 g/mol. The molecule has 0 saturated carbocycles. The van der Waals surface area contributed by atoms with Crippen LogP contribution in [-0.2, 0) is 14.8 Å². The largest absolute Gasteiger partial charge is 0.495 e. The lowest BCUT2D eigenvalue weighted by atomic mass is 10.2. The Morgan fingerprint density at radius 1 is 1.16 bits per heavy atom. The van der Waals surface area contributed by atoms with Crippen LogP contribution in [0.4, 0.5) is 11.4 Å². The van der Waals surface area contributed by atoms with Gasteiger partial charge in [-0.15, -0.1) is 6.42 Å². The SMILES string of the molecule is C#CCNC(=O)CCNC(=O)c1ccc(S(=O)(=O)Nc2cc([N+](=O)[O-])ccc2OC)cc1. The highest BCUT2D eigenvalue weighted by molar-refractivity contribution is 7.92. The summed E-state index contributed by atoms with van der Waals surface area (Å²) < 4.78 is 32.6. The van der Waals surface area contributed by atoms with Gasteiger partial charge in [0.25, 0.3) is 21.6 Å². The predicted octanol–water partition coefficient (Wildman–Crippen LogP) is 1.27. The van der Waals surface area contributed by atoms with Gasteiger partial charge in [-0.3, -0.25) is 24.4 Å². The molecule has 3 N–H and O–H groups in total. The number of benzene rings is 2. The zero-order valence-corrected chi connectivity index (χ0v) is 17.8. The first-order chi connectivity index (χ1) is 15.2. The van der Waals surface area contributed by atoms with Crippen molar-refractivity contribution >= 4 is 33.2 Å². The summed E-state index contributed by atoms with van der Waals surface area (Å²) in [6.07, 6.45) is 5.07. The first kappa shape index (κ1) is 24.2. The van der Waals surface area contributed by atoms with Crippen molar-refractivity contribution in [2.24, 2.45) is 0 Å². The normalized spacial score (nSPS) is 10.5. The number of carbonyl (C=O) groups excluding carboxylic acids is 2. The van der Waals surface area contributed by atoms with Gasteiger partial charge in [-0.1, -0.05) is 5.92 Å². The number of nitrogens with one attached hydrogen (secondary N) is 3. The number of amides is 2. The number of rotatable bonds is 10. The molecule has 12 heteroatoms. The fourth-order valence-electron chi connectivity index (χ4n) is 2.51. The van der Waals surface area contributed by atoms with E-state index in [1.165, 1.54) is 43.5 Å². The number of sulfonamides is 1. The van der Waals surface area contributed by atoms with E-state index in [4.69, 9.17) is 11.2 Å². The molecular weight excluding hydrogens is 440 g/mol. The van der Waals surface area contributed by atoms with Crippen molar-refractivity contribution in [1.29, 1.82) is 0 Å². The predicted molar refractivity (Wildman–Crippen MR) is 116 cm³/mol. The molecule has 2 aromatic rings. The van der Waals surface area contributed by atoms with Gasteiger partial charge in [-0.25, -0.2) is 8.42 Å². The van der Waals surface area contributed by atoms with Crippen LogP contribution in [-0.4, -0.2) is 45.4 Å². The highest BCUT2D eigenvalue weighted by Gasteiger charge is 2.20. The van der Waals surface area contributed by atoms with Gasteiger partial charge in [0.05, 0.1) is 29.2 Å². The molecule has 0 saturated heterocycles. The zero-order chi connectivity index (χ0) is 23.7. The van der Waals surface area contributed by atoms with E-state index in [1.54, 1.807) is 0 Å². The van der Waals surface area contributed by atoms with Gasteiger partial charge in [0.2, 0.25) is 5.91 Å². The van der Waals surface area contributed by atoms with E-state index >= 15 is 0 Å². The second-order valence-corrected chi connectivity index (χ2v) is 7.94. The molecule has 0 heterocycles. The quantitative estimate of drug-likeness (QED) is 0.274. The Balaban J connectivity index is 2.08. The molecule has 0 aliphatic carbocycles. The van der Waals surface area contributed by atoms with Crippen molar-refractivity contribution in [3.63, 3.8) is 0 Å². The molecule has 11 nitrogen and oxygen atoms in total. The molecule has 0 radical (unpaired) electrons. The Kier molecular flexibility index (Phi) is 8.14. The minimum absolute atomic E-state index is 0.0366. The number of methoxy groups -OCH3 is 1. The lowest BCUT2D eigenvalue weighted by Crippen LogP contribution is -2.30. The summed E-state index contributed by atoms with van der Waals surface area (Å²) in [7, 11) is -2.82. The molecule has 0 bridgehead atoms. The topological polar surface area (TPSA) is 157 Å². The van der Waals surface area contributed by atoms with Gasteiger partial charge in [0.1, 0.15) is 5.75 Å². The number of anilines is 1. The molecule has 2 amide bonds. The smallest absolute Gasteiger partial charge is 0.271 e. The summed E-state index contributed by atoms with van der Waals surface area (Å²) in [5, 5.41) is 16.0. The van der Waals surface area contributed by atoms with Crippen LogP contribution in [0.25, 0.3) is 0 Å². The molecule has 0 unspecified atom stereocenters. The maximum atomic E-state index is 12.7.